The summed E-state index contributed by atoms with van der Waals surface area (Å²) in [6.07, 6.45) is 10.4. The molecule has 0 aliphatic carbocycles. The maximum Gasteiger partial charge on any atom is 0.333 e. The topological polar surface area (TPSA) is 84.0 Å². The largest absolute Gasteiger partial charge is 0.494 e. The van der Waals surface area contributed by atoms with Crippen molar-refractivity contribution in [1.82, 2.24) is 0 Å². The van der Waals surface area contributed by atoms with Crippen molar-refractivity contribution < 1.29 is 14.3 Å². The summed E-state index contributed by atoms with van der Waals surface area (Å²) in [6.45, 7) is 6.46. The van der Waals surface area contributed by atoms with Crippen LogP contribution in [0.1, 0.15) is 70.3 Å². The summed E-state index contributed by atoms with van der Waals surface area (Å²) in [5.41, 5.74) is 2.53. The van der Waals surface area contributed by atoms with E-state index >= 15 is 0 Å². The standard InChI is InChI=1S/C28H35N3O3/c1-23(2)28(32)34-21-11-9-7-5-3-4-6-8-10-20-33-27-18-16-26(17-19-27)31-30-25-14-12-24(22-29)13-15-25/h12-19H,1,3-11,20-21H2,2H3. The Morgan fingerprint density at radius 1 is 0.794 bits per heavy atom. The molecule has 0 aromatic heterocycles. The number of nitriles is 1. The van der Waals surface area contributed by atoms with Crippen LogP contribution in [0.3, 0.4) is 0 Å². The van der Waals surface area contributed by atoms with Crippen molar-refractivity contribution in [1.29, 1.82) is 5.26 Å². The molecule has 0 atom stereocenters. The lowest BCUT2D eigenvalue weighted by atomic mass is 10.1. The van der Waals surface area contributed by atoms with Gasteiger partial charge in [0.2, 0.25) is 0 Å². The van der Waals surface area contributed by atoms with Crippen LogP contribution in [-0.2, 0) is 9.53 Å². The van der Waals surface area contributed by atoms with Crippen LogP contribution in [0.5, 0.6) is 5.75 Å². The average molecular weight is 462 g/mol. The lowest BCUT2D eigenvalue weighted by molar-refractivity contribution is -0.139. The van der Waals surface area contributed by atoms with E-state index in [1.165, 1.54) is 38.5 Å². The minimum atomic E-state index is -0.288. The molecule has 6 nitrogen and oxygen atoms in total. The molecule has 0 saturated heterocycles. The predicted octanol–water partition coefficient (Wildman–Crippen LogP) is 7.98. The highest BCUT2D eigenvalue weighted by Gasteiger charge is 2.02. The van der Waals surface area contributed by atoms with Gasteiger partial charge in [0.05, 0.1) is 36.2 Å². The summed E-state index contributed by atoms with van der Waals surface area (Å²) in [5, 5.41) is 17.2. The number of hydrogen-bond acceptors (Lipinski definition) is 6. The lowest BCUT2D eigenvalue weighted by Crippen LogP contribution is -2.05. The molecular weight excluding hydrogens is 426 g/mol. The van der Waals surface area contributed by atoms with Crippen molar-refractivity contribution in [3.05, 3.63) is 66.2 Å². The molecule has 0 fully saturated rings. The maximum absolute atomic E-state index is 11.3. The quantitative estimate of drug-likeness (QED) is 0.110. The van der Waals surface area contributed by atoms with Gasteiger partial charge >= 0.3 is 5.97 Å². The fourth-order valence-corrected chi connectivity index (χ4v) is 3.25. The number of rotatable bonds is 16. The lowest BCUT2D eigenvalue weighted by Gasteiger charge is -2.06. The molecule has 2 aromatic rings. The van der Waals surface area contributed by atoms with Gasteiger partial charge in [-0.05, 0) is 68.3 Å². The minimum Gasteiger partial charge on any atom is -0.494 e. The second kappa shape index (κ2) is 16.2. The van der Waals surface area contributed by atoms with Gasteiger partial charge in [0.15, 0.2) is 0 Å². The van der Waals surface area contributed by atoms with E-state index in [4.69, 9.17) is 14.7 Å². The molecule has 0 unspecified atom stereocenters. The third-order valence-corrected chi connectivity index (χ3v) is 5.25. The Labute approximate surface area is 203 Å². The minimum absolute atomic E-state index is 0.288. The number of nitrogens with zero attached hydrogens (tertiary/aromatic N) is 3. The molecular formula is C28H35N3O3. The van der Waals surface area contributed by atoms with E-state index in [9.17, 15) is 4.79 Å². The van der Waals surface area contributed by atoms with E-state index in [-0.39, 0.29) is 5.97 Å². The van der Waals surface area contributed by atoms with Crippen molar-refractivity contribution in [2.45, 2.75) is 64.7 Å². The molecule has 0 aliphatic heterocycles. The first-order valence-electron chi connectivity index (χ1n) is 12.1. The molecule has 2 rings (SSSR count). The number of unbranched alkanes of at least 4 members (excludes halogenated alkanes) is 8. The summed E-state index contributed by atoms with van der Waals surface area (Å²) in [5.74, 6) is 0.551. The molecule has 2 aromatic carbocycles. The number of azo groups is 1. The van der Waals surface area contributed by atoms with Crippen LogP contribution in [0, 0.1) is 11.3 Å². The van der Waals surface area contributed by atoms with Crippen molar-refractivity contribution in [3.8, 4) is 11.8 Å². The highest BCUT2D eigenvalue weighted by molar-refractivity contribution is 5.86. The Hall–Kier alpha value is -3.46. The summed E-state index contributed by atoms with van der Waals surface area (Å²) in [6, 6.07) is 16.7. The third-order valence-electron chi connectivity index (χ3n) is 5.25. The van der Waals surface area contributed by atoms with Crippen LogP contribution < -0.4 is 4.74 Å². The van der Waals surface area contributed by atoms with Crippen LogP contribution >= 0.6 is 0 Å². The highest BCUT2D eigenvalue weighted by atomic mass is 16.5. The van der Waals surface area contributed by atoms with Gasteiger partial charge in [-0.25, -0.2) is 4.79 Å². The molecule has 0 radical (unpaired) electrons. The second-order valence-corrected chi connectivity index (χ2v) is 8.30. The van der Waals surface area contributed by atoms with Gasteiger partial charge < -0.3 is 9.47 Å². The molecule has 6 heteroatoms. The van der Waals surface area contributed by atoms with Gasteiger partial charge in [-0.15, -0.1) is 0 Å². The Morgan fingerprint density at radius 3 is 1.76 bits per heavy atom. The van der Waals surface area contributed by atoms with Crippen LogP contribution in [0.15, 0.2) is 70.9 Å². The maximum atomic E-state index is 11.3. The van der Waals surface area contributed by atoms with E-state index in [0.29, 0.717) is 23.4 Å². The Bertz CT molecular complexity index is 944. The predicted molar refractivity (Wildman–Crippen MR) is 135 cm³/mol. The van der Waals surface area contributed by atoms with Crippen LogP contribution in [0.2, 0.25) is 0 Å². The van der Waals surface area contributed by atoms with Crippen LogP contribution in [0.4, 0.5) is 11.4 Å². The van der Waals surface area contributed by atoms with E-state index < -0.39 is 0 Å². The first kappa shape index (κ1) is 26.8. The number of ether oxygens (including phenoxy) is 2. The Balaban J connectivity index is 1.46. The van der Waals surface area contributed by atoms with Gasteiger partial charge in [0.25, 0.3) is 0 Å². The van der Waals surface area contributed by atoms with Crippen molar-refractivity contribution >= 4 is 17.3 Å². The van der Waals surface area contributed by atoms with E-state index in [2.05, 4.69) is 22.9 Å². The van der Waals surface area contributed by atoms with Crippen LogP contribution in [-0.4, -0.2) is 19.2 Å². The first-order chi connectivity index (χ1) is 16.6. The molecule has 0 aliphatic rings. The van der Waals surface area contributed by atoms with Gasteiger partial charge in [0.1, 0.15) is 5.75 Å². The van der Waals surface area contributed by atoms with Crippen molar-refractivity contribution in [2.24, 2.45) is 10.2 Å². The normalized spacial score (nSPS) is 10.7. The zero-order valence-electron chi connectivity index (χ0n) is 20.2. The number of carbonyl (C=O) groups excluding carboxylic acids is 1. The molecule has 0 saturated carbocycles. The molecule has 0 heterocycles. The second-order valence-electron chi connectivity index (χ2n) is 8.30. The summed E-state index contributed by atoms with van der Waals surface area (Å²) in [4.78, 5) is 11.3. The fraction of sp³-hybridized carbons (Fsp3) is 0.429. The molecule has 0 bridgehead atoms. The first-order valence-corrected chi connectivity index (χ1v) is 12.1. The molecule has 180 valence electrons. The molecule has 34 heavy (non-hydrogen) atoms. The number of hydrogen-bond donors (Lipinski definition) is 0. The fourth-order valence-electron chi connectivity index (χ4n) is 3.25. The Morgan fingerprint density at radius 2 is 1.26 bits per heavy atom. The van der Waals surface area contributed by atoms with Gasteiger partial charge in [-0.2, -0.15) is 15.5 Å². The highest BCUT2D eigenvalue weighted by Crippen LogP contribution is 2.22. The van der Waals surface area contributed by atoms with Gasteiger partial charge in [-0.3, -0.25) is 0 Å². The van der Waals surface area contributed by atoms with Gasteiger partial charge in [-0.1, -0.05) is 51.5 Å². The van der Waals surface area contributed by atoms with E-state index in [1.54, 1.807) is 31.2 Å². The molecule has 0 spiro atoms. The summed E-state index contributed by atoms with van der Waals surface area (Å²) >= 11 is 0. The molecule has 0 N–H and O–H groups in total. The van der Waals surface area contributed by atoms with Gasteiger partial charge in [0, 0.05) is 5.57 Å². The Kier molecular flexibility index (Phi) is 12.8. The average Bonchev–Trinajstić information content (AvgIpc) is 2.86. The zero-order valence-corrected chi connectivity index (χ0v) is 20.2. The molecule has 0 amide bonds. The SMILES string of the molecule is C=C(C)C(=O)OCCCCCCCCCCCOc1ccc(N=Nc2ccc(C#N)cc2)cc1. The summed E-state index contributed by atoms with van der Waals surface area (Å²) < 4.78 is 10.9. The van der Waals surface area contributed by atoms with E-state index in [0.717, 1.165) is 37.3 Å². The summed E-state index contributed by atoms with van der Waals surface area (Å²) in [7, 11) is 0. The zero-order chi connectivity index (χ0) is 24.4. The van der Waals surface area contributed by atoms with Crippen LogP contribution in [0.25, 0.3) is 0 Å². The van der Waals surface area contributed by atoms with Crippen molar-refractivity contribution in [2.75, 3.05) is 13.2 Å². The number of benzene rings is 2. The van der Waals surface area contributed by atoms with Crippen molar-refractivity contribution in [3.63, 3.8) is 0 Å². The van der Waals surface area contributed by atoms with E-state index in [1.807, 2.05) is 24.3 Å². The smallest absolute Gasteiger partial charge is 0.333 e. The number of esters is 1. The third kappa shape index (κ3) is 11.4. The monoisotopic (exact) mass is 461 g/mol. The number of carbonyl (C=O) groups is 1.